The van der Waals surface area contributed by atoms with Crippen LogP contribution in [0.25, 0.3) is 0 Å². The van der Waals surface area contributed by atoms with E-state index in [9.17, 15) is 24.8 Å². The number of carbonyl (C=O) groups is 1. The van der Waals surface area contributed by atoms with Crippen molar-refractivity contribution in [1.29, 1.82) is 0 Å². The Bertz CT molecular complexity index is 815. The Morgan fingerprint density at radius 2 is 1.87 bits per heavy atom. The minimum Gasteiger partial charge on any atom is -0.506 e. The molecular weight excluding hydrogens is 302 g/mol. The molecule has 0 aliphatic carbocycles. The highest BCUT2D eigenvalue weighted by atomic mass is 16.6. The lowest BCUT2D eigenvalue weighted by atomic mass is 10.2. The molecule has 1 aromatic heterocycles. The summed E-state index contributed by atoms with van der Waals surface area (Å²) in [5, 5.41) is 22.9. The van der Waals surface area contributed by atoms with Crippen LogP contribution in [-0.2, 0) is 11.3 Å². The van der Waals surface area contributed by atoms with E-state index in [0.29, 0.717) is 11.4 Å². The van der Waals surface area contributed by atoms with Gasteiger partial charge in [-0.25, -0.2) is 0 Å². The van der Waals surface area contributed by atoms with Crippen LogP contribution < -0.4 is 10.7 Å². The number of benzene rings is 1. The van der Waals surface area contributed by atoms with Crippen LogP contribution in [0.4, 0.5) is 11.4 Å². The summed E-state index contributed by atoms with van der Waals surface area (Å²) in [6.07, 6.45) is 0. The maximum Gasteiger partial charge on any atom is 0.271 e. The van der Waals surface area contributed by atoms with Gasteiger partial charge in [-0.05, 0) is 19.9 Å². The normalized spacial score (nSPS) is 10.3. The lowest BCUT2D eigenvalue weighted by Gasteiger charge is -2.14. The number of hydrogen-bond acceptors (Lipinski definition) is 5. The molecule has 2 rings (SSSR count). The van der Waals surface area contributed by atoms with Gasteiger partial charge in [0.05, 0.1) is 10.6 Å². The second kappa shape index (κ2) is 6.30. The van der Waals surface area contributed by atoms with E-state index in [-0.39, 0.29) is 29.1 Å². The number of nitrogens with zero attached hydrogens (tertiary/aromatic N) is 2. The third kappa shape index (κ3) is 3.73. The Hall–Kier alpha value is -3.16. The van der Waals surface area contributed by atoms with Gasteiger partial charge in [-0.1, -0.05) is 0 Å². The molecule has 2 aromatic rings. The molecule has 1 amide bonds. The maximum absolute atomic E-state index is 12.1. The van der Waals surface area contributed by atoms with E-state index in [4.69, 9.17) is 0 Å². The Morgan fingerprint density at radius 3 is 2.43 bits per heavy atom. The summed E-state index contributed by atoms with van der Waals surface area (Å²) in [5.41, 5.74) is 0.809. The third-order valence-corrected chi connectivity index (χ3v) is 3.32. The number of aromatic nitrogens is 1. The average molecular weight is 317 g/mol. The summed E-state index contributed by atoms with van der Waals surface area (Å²) in [5.74, 6) is -0.743. The van der Waals surface area contributed by atoms with Gasteiger partial charge < -0.3 is 15.0 Å². The molecule has 0 saturated heterocycles. The SMILES string of the molecule is Cc1cc(=O)cc(C)n1CC(=O)Nc1cc([N+](=O)[O-])ccc1O. The summed E-state index contributed by atoms with van der Waals surface area (Å²) in [6.45, 7) is 3.32. The van der Waals surface area contributed by atoms with Crippen LogP contribution in [-0.4, -0.2) is 20.5 Å². The molecule has 0 radical (unpaired) electrons. The minimum absolute atomic E-state index is 0.0412. The number of rotatable bonds is 4. The molecule has 2 N–H and O–H groups in total. The molecule has 0 unspecified atom stereocenters. The van der Waals surface area contributed by atoms with E-state index < -0.39 is 10.8 Å². The van der Waals surface area contributed by atoms with Crippen molar-refractivity contribution in [2.24, 2.45) is 0 Å². The molecule has 0 aliphatic rings. The molecule has 0 atom stereocenters. The largest absolute Gasteiger partial charge is 0.506 e. The van der Waals surface area contributed by atoms with E-state index in [1.165, 1.54) is 12.1 Å². The molecule has 0 spiro atoms. The first-order valence-electron chi connectivity index (χ1n) is 6.73. The van der Waals surface area contributed by atoms with E-state index in [0.717, 1.165) is 18.2 Å². The number of hydrogen-bond donors (Lipinski definition) is 2. The molecule has 8 heteroatoms. The second-order valence-corrected chi connectivity index (χ2v) is 5.07. The highest BCUT2D eigenvalue weighted by Gasteiger charge is 2.14. The van der Waals surface area contributed by atoms with Gasteiger partial charge in [0, 0.05) is 35.7 Å². The number of phenols is 1. The monoisotopic (exact) mass is 317 g/mol. The van der Waals surface area contributed by atoms with Crippen molar-refractivity contribution < 1.29 is 14.8 Å². The van der Waals surface area contributed by atoms with Gasteiger partial charge in [0.25, 0.3) is 5.69 Å². The first kappa shape index (κ1) is 16.2. The number of nitro benzene ring substituents is 1. The number of nitro groups is 1. The number of amides is 1. The standard InChI is InChI=1S/C15H15N3O5/c1-9-5-12(19)6-10(2)17(9)8-15(21)16-13-7-11(18(22)23)3-4-14(13)20/h3-7,20H,8H2,1-2H3,(H,16,21). The van der Waals surface area contributed by atoms with Crippen LogP contribution in [0.2, 0.25) is 0 Å². The highest BCUT2D eigenvalue weighted by Crippen LogP contribution is 2.27. The lowest BCUT2D eigenvalue weighted by Crippen LogP contribution is -2.23. The van der Waals surface area contributed by atoms with Crippen molar-refractivity contribution in [3.63, 3.8) is 0 Å². The molecule has 0 aliphatic heterocycles. The number of aromatic hydroxyl groups is 1. The number of nitrogens with one attached hydrogen (secondary N) is 1. The number of carbonyl (C=O) groups excluding carboxylic acids is 1. The fourth-order valence-electron chi connectivity index (χ4n) is 2.21. The van der Waals surface area contributed by atoms with Crippen LogP contribution in [0.1, 0.15) is 11.4 Å². The zero-order valence-electron chi connectivity index (χ0n) is 12.6. The number of pyridine rings is 1. The van der Waals surface area contributed by atoms with Crippen LogP contribution >= 0.6 is 0 Å². The van der Waals surface area contributed by atoms with Crippen LogP contribution in [0.5, 0.6) is 5.75 Å². The fraction of sp³-hybridized carbons (Fsp3) is 0.200. The molecule has 0 bridgehead atoms. The van der Waals surface area contributed by atoms with E-state index in [1.807, 2.05) is 0 Å². The molecule has 8 nitrogen and oxygen atoms in total. The number of non-ortho nitro benzene ring substituents is 1. The summed E-state index contributed by atoms with van der Waals surface area (Å²) in [7, 11) is 0. The quantitative estimate of drug-likeness (QED) is 0.506. The van der Waals surface area contributed by atoms with Crippen molar-refractivity contribution in [3.8, 4) is 5.75 Å². The fourth-order valence-corrected chi connectivity index (χ4v) is 2.21. The van der Waals surface area contributed by atoms with Crippen LogP contribution in [0, 0.1) is 24.0 Å². The van der Waals surface area contributed by atoms with E-state index >= 15 is 0 Å². The summed E-state index contributed by atoms with van der Waals surface area (Å²) in [6, 6.07) is 6.18. The van der Waals surface area contributed by atoms with Gasteiger partial charge >= 0.3 is 0 Å². The predicted octanol–water partition coefficient (Wildman–Crippen LogP) is 1.72. The van der Waals surface area contributed by atoms with Crippen LogP contribution in [0.3, 0.4) is 0 Å². The first-order valence-corrected chi connectivity index (χ1v) is 6.73. The zero-order valence-corrected chi connectivity index (χ0v) is 12.6. The zero-order chi connectivity index (χ0) is 17.1. The summed E-state index contributed by atoms with van der Waals surface area (Å²) >= 11 is 0. The summed E-state index contributed by atoms with van der Waals surface area (Å²) < 4.78 is 1.63. The Kier molecular flexibility index (Phi) is 4.44. The van der Waals surface area contributed by atoms with Gasteiger partial charge in [-0.2, -0.15) is 0 Å². The smallest absolute Gasteiger partial charge is 0.271 e. The molecule has 1 heterocycles. The van der Waals surface area contributed by atoms with Gasteiger partial charge in [0.15, 0.2) is 5.43 Å². The van der Waals surface area contributed by atoms with Crippen molar-refractivity contribution >= 4 is 17.3 Å². The predicted molar refractivity (Wildman–Crippen MR) is 83.6 cm³/mol. The summed E-state index contributed by atoms with van der Waals surface area (Å²) in [4.78, 5) is 33.6. The Morgan fingerprint density at radius 1 is 1.26 bits per heavy atom. The Balaban J connectivity index is 2.22. The first-order chi connectivity index (χ1) is 10.8. The Labute approximate surface area is 131 Å². The van der Waals surface area contributed by atoms with Crippen molar-refractivity contribution in [1.82, 2.24) is 4.57 Å². The van der Waals surface area contributed by atoms with Gasteiger partial charge in [0.2, 0.25) is 5.91 Å². The van der Waals surface area contributed by atoms with Gasteiger partial charge in [0.1, 0.15) is 12.3 Å². The average Bonchev–Trinajstić information content (AvgIpc) is 2.45. The maximum atomic E-state index is 12.1. The van der Waals surface area contributed by atoms with Gasteiger partial charge in [-0.3, -0.25) is 19.7 Å². The van der Waals surface area contributed by atoms with Crippen molar-refractivity contribution in [2.75, 3.05) is 5.32 Å². The minimum atomic E-state index is -0.620. The molecule has 23 heavy (non-hydrogen) atoms. The molecule has 120 valence electrons. The van der Waals surface area contributed by atoms with Crippen molar-refractivity contribution in [3.05, 3.63) is 62.1 Å². The molecule has 0 saturated carbocycles. The molecule has 1 aromatic carbocycles. The lowest BCUT2D eigenvalue weighted by molar-refractivity contribution is -0.384. The topological polar surface area (TPSA) is 114 Å². The highest BCUT2D eigenvalue weighted by molar-refractivity contribution is 5.92. The van der Waals surface area contributed by atoms with Gasteiger partial charge in [-0.15, -0.1) is 0 Å². The van der Waals surface area contributed by atoms with E-state index in [2.05, 4.69) is 5.32 Å². The third-order valence-electron chi connectivity index (χ3n) is 3.32. The number of aryl methyl sites for hydroxylation is 2. The molecular formula is C15H15N3O5. The number of anilines is 1. The second-order valence-electron chi connectivity index (χ2n) is 5.07. The van der Waals surface area contributed by atoms with Crippen LogP contribution in [0.15, 0.2) is 35.1 Å². The molecule has 0 fully saturated rings. The van der Waals surface area contributed by atoms with E-state index in [1.54, 1.807) is 18.4 Å². The van der Waals surface area contributed by atoms with Crippen molar-refractivity contribution in [2.45, 2.75) is 20.4 Å². The number of phenolic OH excluding ortho intramolecular Hbond substituents is 1.